The predicted molar refractivity (Wildman–Crippen MR) is 70.8 cm³/mol. The van der Waals surface area contributed by atoms with Crippen molar-refractivity contribution in [2.24, 2.45) is 5.73 Å². The monoisotopic (exact) mass is 304 g/mol. The molecule has 0 aliphatic carbocycles. The van der Waals surface area contributed by atoms with Crippen molar-refractivity contribution in [3.8, 4) is 11.8 Å². The average molecular weight is 304 g/mol. The van der Waals surface area contributed by atoms with Crippen molar-refractivity contribution in [3.05, 3.63) is 35.1 Å². The summed E-state index contributed by atoms with van der Waals surface area (Å²) in [6.45, 7) is -1.76. The Morgan fingerprint density at radius 1 is 1.24 bits per heavy atom. The van der Waals surface area contributed by atoms with Gasteiger partial charge in [-0.1, -0.05) is 11.8 Å². The van der Waals surface area contributed by atoms with Crippen LogP contribution in [-0.4, -0.2) is 42.4 Å². The first kappa shape index (κ1) is 17.4. The molecule has 0 amide bonds. The second-order valence-corrected chi connectivity index (χ2v) is 4.40. The molecule has 116 valence electrons. The van der Waals surface area contributed by atoms with E-state index in [1.54, 1.807) is 0 Å². The molecule has 0 aromatic heterocycles. The number of benzene rings is 1. The lowest BCUT2D eigenvalue weighted by atomic mass is 10.1. The smallest absolute Gasteiger partial charge is 0.395 e. The fourth-order valence-corrected chi connectivity index (χ4v) is 1.83. The van der Waals surface area contributed by atoms with Crippen LogP contribution in [0.5, 0.6) is 0 Å². The highest BCUT2D eigenvalue weighted by molar-refractivity contribution is 5.38. The van der Waals surface area contributed by atoms with Crippen molar-refractivity contribution in [1.29, 1.82) is 0 Å². The summed E-state index contributed by atoms with van der Waals surface area (Å²) in [6.07, 6.45) is -4.38. The Hall–Kier alpha value is -1.62. The van der Waals surface area contributed by atoms with Crippen LogP contribution in [-0.2, 0) is 6.54 Å². The number of halogens is 4. The molecule has 3 nitrogen and oxygen atoms in total. The molecule has 1 aromatic rings. The van der Waals surface area contributed by atoms with Crippen molar-refractivity contribution in [2.45, 2.75) is 12.7 Å². The first-order chi connectivity index (χ1) is 9.84. The van der Waals surface area contributed by atoms with Crippen LogP contribution in [0.25, 0.3) is 0 Å². The number of hydrogen-bond donors (Lipinski definition) is 2. The van der Waals surface area contributed by atoms with E-state index in [2.05, 4.69) is 11.8 Å². The Bertz CT molecular complexity index is 520. The van der Waals surface area contributed by atoms with Crippen molar-refractivity contribution in [2.75, 3.05) is 26.2 Å². The maximum atomic E-state index is 13.4. The van der Waals surface area contributed by atoms with Gasteiger partial charge >= 0.3 is 6.18 Å². The number of nitrogens with two attached hydrogens (primary N) is 1. The molecule has 0 fully saturated rings. The lowest BCUT2D eigenvalue weighted by molar-refractivity contribution is -0.147. The number of aliphatic hydroxyl groups excluding tert-OH is 1. The minimum absolute atomic E-state index is 0.108. The van der Waals surface area contributed by atoms with E-state index in [4.69, 9.17) is 10.8 Å². The largest absolute Gasteiger partial charge is 0.401 e. The summed E-state index contributed by atoms with van der Waals surface area (Å²) < 4.78 is 50.7. The third kappa shape index (κ3) is 7.09. The van der Waals surface area contributed by atoms with Crippen molar-refractivity contribution >= 4 is 0 Å². The van der Waals surface area contributed by atoms with E-state index in [1.807, 2.05) is 0 Å². The highest BCUT2D eigenvalue weighted by Crippen LogP contribution is 2.18. The normalized spacial score (nSPS) is 11.4. The highest BCUT2D eigenvalue weighted by Gasteiger charge is 2.30. The molecule has 1 rings (SSSR count). The van der Waals surface area contributed by atoms with Gasteiger partial charge in [-0.3, -0.25) is 4.90 Å². The van der Waals surface area contributed by atoms with Crippen LogP contribution in [0.1, 0.15) is 11.1 Å². The molecule has 0 spiro atoms. The number of nitrogens with zero attached hydrogens (tertiary/aromatic N) is 1. The third-order valence-corrected chi connectivity index (χ3v) is 2.52. The van der Waals surface area contributed by atoms with Gasteiger partial charge in [0.15, 0.2) is 0 Å². The Morgan fingerprint density at radius 3 is 2.52 bits per heavy atom. The molecule has 0 heterocycles. The number of rotatable bonds is 5. The average Bonchev–Trinajstić information content (AvgIpc) is 2.34. The van der Waals surface area contributed by atoms with Gasteiger partial charge in [-0.25, -0.2) is 4.39 Å². The Labute approximate surface area is 120 Å². The molecule has 0 saturated heterocycles. The molecular weight excluding hydrogens is 288 g/mol. The topological polar surface area (TPSA) is 49.5 Å². The number of aliphatic hydroxyl groups is 1. The summed E-state index contributed by atoms with van der Waals surface area (Å²) >= 11 is 0. The van der Waals surface area contributed by atoms with Crippen LogP contribution < -0.4 is 5.73 Å². The molecule has 1 aromatic carbocycles. The summed E-state index contributed by atoms with van der Waals surface area (Å²) in [4.78, 5) is 0.995. The van der Waals surface area contributed by atoms with Gasteiger partial charge < -0.3 is 10.8 Å². The van der Waals surface area contributed by atoms with Crippen LogP contribution in [0.15, 0.2) is 18.2 Å². The number of hydrogen-bond acceptors (Lipinski definition) is 3. The van der Waals surface area contributed by atoms with Gasteiger partial charge in [-0.2, -0.15) is 13.2 Å². The summed E-state index contributed by atoms with van der Waals surface area (Å²) in [5.41, 5.74) is 5.92. The molecule has 0 aliphatic rings. The van der Waals surface area contributed by atoms with Gasteiger partial charge in [0.25, 0.3) is 0 Å². The SMILES string of the molecule is NCC#Cc1cc(F)cc(CN(CCO)CC(F)(F)F)c1. The molecule has 3 N–H and O–H groups in total. The van der Waals surface area contributed by atoms with Gasteiger partial charge in [-0.05, 0) is 23.8 Å². The minimum atomic E-state index is -4.38. The van der Waals surface area contributed by atoms with Crippen LogP contribution in [0.3, 0.4) is 0 Å². The van der Waals surface area contributed by atoms with Crippen LogP contribution in [0, 0.1) is 17.7 Å². The predicted octanol–water partition coefficient (Wildman–Crippen LogP) is 1.49. The van der Waals surface area contributed by atoms with Gasteiger partial charge in [0, 0.05) is 18.7 Å². The van der Waals surface area contributed by atoms with Gasteiger partial charge in [-0.15, -0.1) is 0 Å². The second-order valence-electron chi connectivity index (χ2n) is 4.40. The summed E-state index contributed by atoms with van der Waals surface area (Å²) in [7, 11) is 0. The second kappa shape index (κ2) is 7.98. The Balaban J connectivity index is 2.90. The zero-order valence-electron chi connectivity index (χ0n) is 11.3. The zero-order chi connectivity index (χ0) is 15.9. The summed E-state index contributed by atoms with van der Waals surface area (Å²) in [6, 6.07) is 3.84. The molecule has 21 heavy (non-hydrogen) atoms. The lowest BCUT2D eigenvalue weighted by Gasteiger charge is -2.22. The van der Waals surface area contributed by atoms with Gasteiger partial charge in [0.1, 0.15) is 5.82 Å². The number of alkyl halides is 3. The Morgan fingerprint density at radius 2 is 1.95 bits per heavy atom. The third-order valence-electron chi connectivity index (χ3n) is 2.52. The first-order valence-corrected chi connectivity index (χ1v) is 6.22. The van der Waals surface area contributed by atoms with Crippen molar-refractivity contribution < 1.29 is 22.7 Å². The van der Waals surface area contributed by atoms with Gasteiger partial charge in [0.2, 0.25) is 0 Å². The lowest BCUT2D eigenvalue weighted by Crippen LogP contribution is -2.35. The van der Waals surface area contributed by atoms with Crippen LogP contribution in [0.2, 0.25) is 0 Å². The molecule has 0 bridgehead atoms. The molecule has 0 unspecified atom stereocenters. The zero-order valence-corrected chi connectivity index (χ0v) is 11.3. The molecule has 0 aliphatic heterocycles. The molecule has 0 radical (unpaired) electrons. The Kier molecular flexibility index (Phi) is 6.62. The van der Waals surface area contributed by atoms with E-state index in [0.717, 1.165) is 11.0 Å². The van der Waals surface area contributed by atoms with Crippen LogP contribution in [0.4, 0.5) is 17.6 Å². The maximum absolute atomic E-state index is 13.4. The molecule has 0 atom stereocenters. The van der Waals surface area contributed by atoms with Crippen molar-refractivity contribution in [1.82, 2.24) is 4.90 Å². The fourth-order valence-electron chi connectivity index (χ4n) is 1.83. The molecule has 7 heteroatoms. The molecule has 0 saturated carbocycles. The standard InChI is InChI=1S/C14H16F4N2O/c15-13-7-11(2-1-3-19)6-12(8-13)9-20(4-5-21)10-14(16,17)18/h6-8,21H,3-5,9-10,19H2. The maximum Gasteiger partial charge on any atom is 0.401 e. The van der Waals surface area contributed by atoms with E-state index < -0.39 is 25.1 Å². The highest BCUT2D eigenvalue weighted by atomic mass is 19.4. The minimum Gasteiger partial charge on any atom is -0.395 e. The van der Waals surface area contributed by atoms with E-state index in [-0.39, 0.29) is 19.6 Å². The van der Waals surface area contributed by atoms with Crippen molar-refractivity contribution in [3.63, 3.8) is 0 Å². The van der Waals surface area contributed by atoms with E-state index in [0.29, 0.717) is 11.1 Å². The van der Waals surface area contributed by atoms with Crippen LogP contribution >= 0.6 is 0 Å². The summed E-state index contributed by atoms with van der Waals surface area (Å²) in [5, 5.41) is 8.82. The molecular formula is C14H16F4N2O. The van der Waals surface area contributed by atoms with E-state index in [9.17, 15) is 17.6 Å². The quantitative estimate of drug-likeness (QED) is 0.640. The van der Waals surface area contributed by atoms with E-state index >= 15 is 0 Å². The first-order valence-electron chi connectivity index (χ1n) is 6.22. The van der Waals surface area contributed by atoms with Gasteiger partial charge in [0.05, 0.1) is 19.7 Å². The fraction of sp³-hybridized carbons (Fsp3) is 0.429. The summed E-state index contributed by atoms with van der Waals surface area (Å²) in [5.74, 6) is 4.61. The van der Waals surface area contributed by atoms with E-state index in [1.165, 1.54) is 12.1 Å².